The van der Waals surface area contributed by atoms with Crippen molar-refractivity contribution in [2.75, 3.05) is 126 Å². The minimum atomic E-state index is -0.519. The zero-order valence-electron chi connectivity index (χ0n) is 35.5. The molecule has 0 saturated heterocycles. The first kappa shape index (κ1) is 29.9. The molecular formula is C32H68O11. The molecule has 0 radical (unpaired) electrons. The quantitative estimate of drug-likeness (QED) is 0.0980. The first-order valence-corrected chi connectivity index (χ1v) is 14.6. The van der Waals surface area contributed by atoms with Crippen molar-refractivity contribution in [1.82, 2.24) is 0 Å². The summed E-state index contributed by atoms with van der Waals surface area (Å²) in [6.45, 7) is 7.21. The van der Waals surface area contributed by atoms with E-state index in [4.69, 9.17) is 64.4 Å². The highest BCUT2D eigenvalue weighted by Crippen LogP contribution is 2.20. The Kier molecular flexibility index (Phi) is 24.0. The van der Waals surface area contributed by atoms with E-state index in [1.807, 2.05) is 0 Å². The fraction of sp³-hybridized carbons (Fsp3) is 1.00. The number of hydrogen-bond acceptors (Lipinski definition) is 11. The van der Waals surface area contributed by atoms with E-state index in [-0.39, 0.29) is 127 Å². The lowest BCUT2D eigenvalue weighted by Gasteiger charge is -2.32. The van der Waals surface area contributed by atoms with Gasteiger partial charge in [0.2, 0.25) is 0 Å². The number of rotatable bonds is 32. The van der Waals surface area contributed by atoms with Gasteiger partial charge in [0, 0.05) is 71.8 Å². The third-order valence-corrected chi connectivity index (χ3v) is 5.38. The number of hydrogen-bond donors (Lipinski definition) is 0. The van der Waals surface area contributed by atoms with Crippen molar-refractivity contribution in [3.05, 3.63) is 0 Å². The van der Waals surface area contributed by atoms with E-state index in [2.05, 4.69) is 0 Å². The molecule has 262 valence electrons. The summed E-state index contributed by atoms with van der Waals surface area (Å²) >= 11 is 0. The average Bonchev–Trinajstić information content (AvgIpc) is 3.15. The Bertz CT molecular complexity index is 616. The summed E-state index contributed by atoms with van der Waals surface area (Å²) in [5.41, 5.74) is -0.519. The highest BCUT2D eigenvalue weighted by molar-refractivity contribution is 4.79. The second kappa shape index (κ2) is 34.4. The first-order chi connectivity index (χ1) is 25.5. The minimum Gasteiger partial charge on any atom is -0.381 e. The second-order valence-corrected chi connectivity index (χ2v) is 8.91. The molecule has 0 aliphatic carbocycles. The fourth-order valence-electron chi connectivity index (χ4n) is 3.43. The maximum Gasteiger partial charge on any atom is 0.104 e. The summed E-state index contributed by atoms with van der Waals surface area (Å²) in [6, 6.07) is 0. The van der Waals surface area contributed by atoms with Crippen molar-refractivity contribution >= 4 is 0 Å². The number of ether oxygens (including phenoxy) is 11. The van der Waals surface area contributed by atoms with Crippen LogP contribution in [0.4, 0.5) is 0 Å². The van der Waals surface area contributed by atoms with Crippen LogP contribution in [0.3, 0.4) is 0 Å². The van der Waals surface area contributed by atoms with Gasteiger partial charge in [0.25, 0.3) is 0 Å². The monoisotopic (exact) mass is 638 g/mol. The molecule has 0 fully saturated rings. The molecule has 0 heterocycles. The molecule has 0 aliphatic heterocycles. The SMILES string of the molecule is [2H]CCOCC(COCC(COCC(COCC[2H])OCC[2H])OCC[2H])OCC[2H].[2H]CCOCC(COCC[2H])(COCC[2H])COCC[2H]. The summed E-state index contributed by atoms with van der Waals surface area (Å²) in [4.78, 5) is 0. The lowest BCUT2D eigenvalue weighted by atomic mass is 9.92. The van der Waals surface area contributed by atoms with E-state index < -0.39 is 5.41 Å². The van der Waals surface area contributed by atoms with Crippen LogP contribution in [0.5, 0.6) is 0 Å². The molecule has 11 nitrogen and oxygen atoms in total. The van der Waals surface area contributed by atoms with Crippen LogP contribution in [0.25, 0.3) is 0 Å². The molecule has 43 heavy (non-hydrogen) atoms. The Morgan fingerprint density at radius 3 is 0.884 bits per heavy atom. The van der Waals surface area contributed by atoms with E-state index in [1.165, 1.54) is 0 Å². The molecule has 0 rings (SSSR count). The van der Waals surface area contributed by atoms with Crippen molar-refractivity contribution in [3.63, 3.8) is 0 Å². The van der Waals surface area contributed by atoms with Gasteiger partial charge in [-0.05, 0) is 62.1 Å². The highest BCUT2D eigenvalue weighted by atomic mass is 16.6. The third-order valence-electron chi connectivity index (χ3n) is 5.38. The summed E-state index contributed by atoms with van der Waals surface area (Å²) in [7, 11) is 0. The lowest BCUT2D eigenvalue weighted by molar-refractivity contribution is -0.105. The summed E-state index contributed by atoms with van der Waals surface area (Å²) in [5, 5.41) is 0. The smallest absolute Gasteiger partial charge is 0.104 e. The Morgan fingerprint density at radius 1 is 0.349 bits per heavy atom. The Morgan fingerprint density at radius 2 is 0.605 bits per heavy atom. The average molecular weight is 638 g/mol. The molecule has 2 atom stereocenters. The van der Waals surface area contributed by atoms with Crippen LogP contribution >= 0.6 is 0 Å². The van der Waals surface area contributed by atoms with E-state index in [9.17, 15) is 0 Å². The van der Waals surface area contributed by atoms with Crippen LogP contribution in [0.15, 0.2) is 0 Å². The normalized spacial score (nSPS) is 16.6. The Labute approximate surface area is 276 Å². The summed E-state index contributed by atoms with van der Waals surface area (Å²) < 4.78 is 125. The molecular weight excluding hydrogens is 560 g/mol. The van der Waals surface area contributed by atoms with Crippen LogP contribution in [0.2, 0.25) is 0 Å². The molecule has 0 spiro atoms. The standard InChI is InChI=1S/C19H40O7.C13H28O4/c1-6-20-11-17(24-8-3)13-22-15-19(26-10-5)16-23-14-18(25-9-4)12-21-7-2;1-5-14-9-13(10-15-6-2,11-16-7-3)12-17-8-4/h17-19H,6-16H2,1-5H3;5-12H2,1-4H3/i1D,2D,3D,4D,5D;1D,2D,3D,4D. The lowest BCUT2D eigenvalue weighted by Crippen LogP contribution is -2.41. The van der Waals surface area contributed by atoms with Gasteiger partial charge in [-0.3, -0.25) is 0 Å². The topological polar surface area (TPSA) is 102 Å². The molecule has 0 aromatic carbocycles. The Balaban J connectivity index is 0. The maximum atomic E-state index is 7.28. The fourth-order valence-corrected chi connectivity index (χ4v) is 3.43. The zero-order chi connectivity index (χ0) is 38.8. The van der Waals surface area contributed by atoms with Gasteiger partial charge in [0.1, 0.15) is 18.3 Å². The van der Waals surface area contributed by atoms with Gasteiger partial charge in [-0.15, -0.1) is 0 Å². The van der Waals surface area contributed by atoms with Crippen molar-refractivity contribution < 1.29 is 64.4 Å². The third kappa shape index (κ3) is 27.6. The van der Waals surface area contributed by atoms with Crippen LogP contribution in [-0.2, 0) is 52.1 Å². The van der Waals surface area contributed by atoms with Crippen molar-refractivity contribution in [1.29, 1.82) is 0 Å². The van der Waals surface area contributed by atoms with Crippen LogP contribution < -0.4 is 0 Å². The predicted molar refractivity (Wildman–Crippen MR) is 169 cm³/mol. The predicted octanol–water partition coefficient (Wildman–Crippen LogP) is 4.43. The molecule has 0 aromatic heterocycles. The summed E-state index contributed by atoms with van der Waals surface area (Å²) in [6.07, 6.45) is -1.03. The van der Waals surface area contributed by atoms with E-state index in [0.29, 0.717) is 79.3 Å². The van der Waals surface area contributed by atoms with Gasteiger partial charge in [0.05, 0.1) is 71.5 Å². The summed E-state index contributed by atoms with van der Waals surface area (Å²) in [5.74, 6) is 0. The van der Waals surface area contributed by atoms with E-state index in [0.717, 1.165) is 0 Å². The van der Waals surface area contributed by atoms with Crippen LogP contribution in [0, 0.1) is 5.41 Å². The molecule has 11 heteroatoms. The van der Waals surface area contributed by atoms with Crippen molar-refractivity contribution in [3.8, 4) is 0 Å². The van der Waals surface area contributed by atoms with Gasteiger partial charge in [0.15, 0.2) is 0 Å². The maximum absolute atomic E-state index is 7.28. The van der Waals surface area contributed by atoms with Crippen LogP contribution in [0.1, 0.15) is 74.4 Å². The van der Waals surface area contributed by atoms with Crippen LogP contribution in [-0.4, -0.2) is 144 Å². The molecule has 0 aromatic rings. The molecule has 0 saturated carbocycles. The molecule has 2 unspecified atom stereocenters. The Hall–Kier alpha value is -0.440. The van der Waals surface area contributed by atoms with Gasteiger partial charge in [-0.1, -0.05) is 0 Å². The van der Waals surface area contributed by atoms with E-state index >= 15 is 0 Å². The van der Waals surface area contributed by atoms with E-state index in [1.54, 1.807) is 0 Å². The van der Waals surface area contributed by atoms with Gasteiger partial charge in [-0.25, -0.2) is 0 Å². The minimum absolute atomic E-state index is 0.128. The highest BCUT2D eigenvalue weighted by Gasteiger charge is 2.32. The van der Waals surface area contributed by atoms with Crippen molar-refractivity contribution in [2.45, 2.75) is 80.4 Å². The van der Waals surface area contributed by atoms with Gasteiger partial charge < -0.3 is 52.1 Å². The first-order valence-electron chi connectivity index (χ1n) is 20.9. The van der Waals surface area contributed by atoms with Gasteiger partial charge in [-0.2, -0.15) is 0 Å². The molecule has 0 aliphatic rings. The van der Waals surface area contributed by atoms with Gasteiger partial charge >= 0.3 is 0 Å². The molecule has 0 amide bonds. The largest absolute Gasteiger partial charge is 0.381 e. The van der Waals surface area contributed by atoms with Crippen molar-refractivity contribution in [2.24, 2.45) is 5.41 Å². The zero-order valence-corrected chi connectivity index (χ0v) is 26.5. The second-order valence-electron chi connectivity index (χ2n) is 8.91. The molecule has 0 bridgehead atoms. The molecule has 0 N–H and O–H groups in total.